The molecule has 2 nitrogen and oxygen atoms in total. The van der Waals surface area contributed by atoms with Gasteiger partial charge in [0.1, 0.15) is 11.6 Å². The summed E-state index contributed by atoms with van der Waals surface area (Å²) >= 11 is 5.27. The van der Waals surface area contributed by atoms with E-state index in [2.05, 4.69) is 0 Å². The molecule has 0 aromatic heterocycles. The average molecular weight is 289 g/mol. The van der Waals surface area contributed by atoms with Crippen molar-refractivity contribution in [2.24, 2.45) is 0 Å². The maximum Gasteiger partial charge on any atom is 0.396 e. The van der Waals surface area contributed by atoms with Crippen molar-refractivity contribution < 1.29 is 31.9 Å². The molecule has 8 heteroatoms. The van der Waals surface area contributed by atoms with Gasteiger partial charge in [0.15, 0.2) is 0 Å². The first-order valence-electron chi connectivity index (χ1n) is 4.56. The Labute approximate surface area is 103 Å². The van der Waals surface area contributed by atoms with E-state index in [-0.39, 0.29) is 0 Å². The molecule has 1 rings (SSSR count). The molecule has 0 spiro atoms. The second-order valence-electron chi connectivity index (χ2n) is 3.45. The van der Waals surface area contributed by atoms with Crippen LogP contribution in [0.4, 0.5) is 22.0 Å². The standard InChI is InChI=1S/C10H6ClF5O2/c11-9-6(13)2-1-5(12)8(9)4(3-7(17)18)10(14,15)16/h1-2,4H,3H2,(H,17,18). The first-order chi connectivity index (χ1) is 8.14. The third-order valence-corrected chi connectivity index (χ3v) is 2.59. The Morgan fingerprint density at radius 1 is 1.28 bits per heavy atom. The van der Waals surface area contributed by atoms with Crippen LogP contribution in [0.15, 0.2) is 12.1 Å². The molecule has 0 saturated carbocycles. The van der Waals surface area contributed by atoms with Gasteiger partial charge in [-0.05, 0) is 12.1 Å². The highest BCUT2D eigenvalue weighted by atomic mass is 35.5. The van der Waals surface area contributed by atoms with Crippen LogP contribution < -0.4 is 0 Å². The van der Waals surface area contributed by atoms with Crippen LogP contribution in [0.25, 0.3) is 0 Å². The molecule has 0 heterocycles. The van der Waals surface area contributed by atoms with Crippen LogP contribution in [-0.4, -0.2) is 17.3 Å². The van der Waals surface area contributed by atoms with Crippen molar-refractivity contribution in [3.63, 3.8) is 0 Å². The molecule has 0 amide bonds. The first-order valence-corrected chi connectivity index (χ1v) is 4.94. The number of alkyl halides is 3. The third-order valence-electron chi connectivity index (χ3n) is 2.20. The first kappa shape index (κ1) is 14.7. The van der Waals surface area contributed by atoms with E-state index in [4.69, 9.17) is 16.7 Å². The molecule has 100 valence electrons. The summed E-state index contributed by atoms with van der Waals surface area (Å²) in [4.78, 5) is 10.4. The molecule has 1 aromatic rings. The normalized spacial score (nSPS) is 13.4. The van der Waals surface area contributed by atoms with Gasteiger partial charge in [-0.3, -0.25) is 4.79 Å². The maximum atomic E-state index is 13.3. The lowest BCUT2D eigenvalue weighted by molar-refractivity contribution is -0.163. The van der Waals surface area contributed by atoms with Crippen LogP contribution in [0, 0.1) is 11.6 Å². The number of carbonyl (C=O) groups is 1. The van der Waals surface area contributed by atoms with Crippen LogP contribution in [0.2, 0.25) is 5.02 Å². The number of hydrogen-bond donors (Lipinski definition) is 1. The number of benzene rings is 1. The van der Waals surface area contributed by atoms with Gasteiger partial charge in [-0.2, -0.15) is 13.2 Å². The van der Waals surface area contributed by atoms with Crippen molar-refractivity contribution in [2.75, 3.05) is 0 Å². The number of hydrogen-bond acceptors (Lipinski definition) is 1. The largest absolute Gasteiger partial charge is 0.481 e. The summed E-state index contributed by atoms with van der Waals surface area (Å²) in [6.45, 7) is 0. The predicted octanol–water partition coefficient (Wildman–Crippen LogP) is 3.74. The van der Waals surface area contributed by atoms with Gasteiger partial charge in [0.25, 0.3) is 0 Å². The number of carboxylic acids is 1. The van der Waals surface area contributed by atoms with Crippen molar-refractivity contribution in [3.8, 4) is 0 Å². The molecular formula is C10H6ClF5O2. The molecule has 0 radical (unpaired) electrons. The Hall–Kier alpha value is -1.37. The van der Waals surface area contributed by atoms with E-state index in [9.17, 15) is 26.7 Å². The minimum absolute atomic E-state index is 0.469. The van der Waals surface area contributed by atoms with Crippen LogP contribution >= 0.6 is 11.6 Å². The highest BCUT2D eigenvalue weighted by Crippen LogP contribution is 2.42. The van der Waals surface area contributed by atoms with Crippen molar-refractivity contribution >= 4 is 17.6 Å². The van der Waals surface area contributed by atoms with E-state index in [0.29, 0.717) is 12.1 Å². The molecule has 1 unspecified atom stereocenters. The topological polar surface area (TPSA) is 37.3 Å². The monoisotopic (exact) mass is 288 g/mol. The summed E-state index contributed by atoms with van der Waals surface area (Å²) in [5.41, 5.74) is -1.19. The zero-order chi connectivity index (χ0) is 14.1. The maximum absolute atomic E-state index is 13.3. The van der Waals surface area contributed by atoms with Crippen molar-refractivity contribution in [3.05, 3.63) is 34.4 Å². The van der Waals surface area contributed by atoms with Gasteiger partial charge < -0.3 is 5.11 Å². The Kier molecular flexibility index (Phi) is 4.16. The van der Waals surface area contributed by atoms with E-state index in [1.54, 1.807) is 0 Å². The lowest BCUT2D eigenvalue weighted by Crippen LogP contribution is -2.25. The Morgan fingerprint density at radius 2 is 1.78 bits per heavy atom. The minimum Gasteiger partial charge on any atom is -0.481 e. The third kappa shape index (κ3) is 3.10. The zero-order valence-corrected chi connectivity index (χ0v) is 9.32. The molecule has 1 N–H and O–H groups in total. The highest BCUT2D eigenvalue weighted by molar-refractivity contribution is 6.31. The second kappa shape index (κ2) is 5.09. The van der Waals surface area contributed by atoms with Gasteiger partial charge in [0.2, 0.25) is 0 Å². The molecule has 0 aliphatic carbocycles. The fraction of sp³-hybridized carbons (Fsp3) is 0.300. The lowest BCUT2D eigenvalue weighted by atomic mass is 9.94. The van der Waals surface area contributed by atoms with Crippen LogP contribution in [-0.2, 0) is 4.79 Å². The van der Waals surface area contributed by atoms with Crippen molar-refractivity contribution in [1.29, 1.82) is 0 Å². The summed E-state index contributed by atoms with van der Waals surface area (Å²) in [5, 5.41) is 7.34. The fourth-order valence-electron chi connectivity index (χ4n) is 1.42. The van der Waals surface area contributed by atoms with E-state index in [1.807, 2.05) is 0 Å². The van der Waals surface area contributed by atoms with Gasteiger partial charge >= 0.3 is 12.1 Å². The Morgan fingerprint density at radius 3 is 2.22 bits per heavy atom. The summed E-state index contributed by atoms with van der Waals surface area (Å²) in [6, 6.07) is 1.03. The van der Waals surface area contributed by atoms with E-state index in [0.717, 1.165) is 0 Å². The smallest absolute Gasteiger partial charge is 0.396 e. The zero-order valence-electron chi connectivity index (χ0n) is 8.56. The van der Waals surface area contributed by atoms with Crippen LogP contribution in [0.3, 0.4) is 0 Å². The number of carboxylic acid groups (broad SMARTS) is 1. The Bertz CT molecular complexity index is 472. The second-order valence-corrected chi connectivity index (χ2v) is 3.83. The van der Waals surface area contributed by atoms with Gasteiger partial charge in [-0.1, -0.05) is 11.6 Å². The summed E-state index contributed by atoms with van der Waals surface area (Å²) in [7, 11) is 0. The quantitative estimate of drug-likeness (QED) is 0.679. The van der Waals surface area contributed by atoms with E-state index >= 15 is 0 Å². The SMILES string of the molecule is O=C(O)CC(c1c(F)ccc(F)c1Cl)C(F)(F)F. The fourth-order valence-corrected chi connectivity index (χ4v) is 1.70. The summed E-state index contributed by atoms with van der Waals surface area (Å²) in [5.74, 6) is -7.13. The van der Waals surface area contributed by atoms with Gasteiger partial charge in [-0.25, -0.2) is 8.78 Å². The van der Waals surface area contributed by atoms with Gasteiger partial charge in [0.05, 0.1) is 17.4 Å². The van der Waals surface area contributed by atoms with Crippen LogP contribution in [0.5, 0.6) is 0 Å². The minimum atomic E-state index is -5.04. The molecule has 0 bridgehead atoms. The highest BCUT2D eigenvalue weighted by Gasteiger charge is 2.44. The van der Waals surface area contributed by atoms with Crippen LogP contribution in [0.1, 0.15) is 17.9 Å². The summed E-state index contributed by atoms with van der Waals surface area (Å²) in [6.07, 6.45) is -6.47. The molecule has 18 heavy (non-hydrogen) atoms. The lowest BCUT2D eigenvalue weighted by Gasteiger charge is -2.20. The molecule has 1 aromatic carbocycles. The van der Waals surface area contributed by atoms with Crippen molar-refractivity contribution in [1.82, 2.24) is 0 Å². The molecular weight excluding hydrogens is 283 g/mol. The van der Waals surface area contributed by atoms with Crippen molar-refractivity contribution in [2.45, 2.75) is 18.5 Å². The van der Waals surface area contributed by atoms with Gasteiger partial charge in [-0.15, -0.1) is 0 Å². The predicted molar refractivity (Wildman–Crippen MR) is 52.4 cm³/mol. The summed E-state index contributed by atoms with van der Waals surface area (Å²) < 4.78 is 64.3. The van der Waals surface area contributed by atoms with E-state index < -0.39 is 46.7 Å². The molecule has 0 saturated heterocycles. The molecule has 1 atom stereocenters. The molecule has 0 aliphatic heterocycles. The Balaban J connectivity index is 3.38. The number of halogens is 6. The van der Waals surface area contributed by atoms with Gasteiger partial charge in [0, 0.05) is 5.56 Å². The molecule has 0 aliphatic rings. The molecule has 0 fully saturated rings. The number of rotatable bonds is 3. The average Bonchev–Trinajstić information content (AvgIpc) is 2.21. The van der Waals surface area contributed by atoms with E-state index in [1.165, 1.54) is 0 Å². The number of aliphatic carboxylic acids is 1.